The first-order chi connectivity index (χ1) is 13.1. The second-order valence-electron chi connectivity index (χ2n) is 8.44. The van der Waals surface area contributed by atoms with Crippen LogP contribution < -0.4 is 4.74 Å². The van der Waals surface area contributed by atoms with Crippen molar-refractivity contribution in [2.45, 2.75) is 31.3 Å². The molecule has 7 rings (SSSR count). The van der Waals surface area contributed by atoms with Crippen molar-refractivity contribution in [3.05, 3.63) is 77.4 Å². The van der Waals surface area contributed by atoms with Gasteiger partial charge in [-0.25, -0.2) is 0 Å². The topological polar surface area (TPSA) is 22.4 Å². The Morgan fingerprint density at radius 2 is 1.67 bits per heavy atom. The molecule has 4 aromatic rings. The van der Waals surface area contributed by atoms with Crippen LogP contribution in [0.15, 0.2) is 70.7 Å². The molecule has 2 aliphatic carbocycles. The van der Waals surface area contributed by atoms with Gasteiger partial charge in [0, 0.05) is 33.5 Å². The van der Waals surface area contributed by atoms with E-state index in [4.69, 9.17) is 9.15 Å². The zero-order chi connectivity index (χ0) is 18.0. The van der Waals surface area contributed by atoms with E-state index in [9.17, 15) is 0 Å². The molecule has 1 fully saturated rings. The Balaban J connectivity index is 1.55. The van der Waals surface area contributed by atoms with Crippen molar-refractivity contribution >= 4 is 32.7 Å². The van der Waals surface area contributed by atoms with Crippen molar-refractivity contribution in [1.82, 2.24) is 0 Å². The maximum absolute atomic E-state index is 6.62. The van der Waals surface area contributed by atoms with Crippen molar-refractivity contribution in [3.63, 3.8) is 0 Å². The highest BCUT2D eigenvalue weighted by Gasteiger charge is 2.73. The number of hydrogen-bond acceptors (Lipinski definition) is 2. The SMILES string of the molecule is CC1=CC23CC2(C=C1)c1ccc2c(ccc4c5ccc(C)cc5oc24)c1O3. The standard InChI is InChI=1S/C25H18O2/c1-14-3-4-16-17-5-6-19-18(22(17)26-21(16)11-14)7-8-20-23(19)27-25-12-15(2)9-10-24(20,25)13-25/h3-12H,13H2,1-2H3. The molecule has 2 unspecified atom stereocenters. The van der Waals surface area contributed by atoms with Crippen molar-refractivity contribution in [1.29, 1.82) is 0 Å². The van der Waals surface area contributed by atoms with E-state index in [1.54, 1.807) is 0 Å². The minimum absolute atomic E-state index is 0.0377. The van der Waals surface area contributed by atoms with E-state index in [0.29, 0.717) is 0 Å². The van der Waals surface area contributed by atoms with Crippen molar-refractivity contribution in [2.75, 3.05) is 0 Å². The van der Waals surface area contributed by atoms with Crippen LogP contribution >= 0.6 is 0 Å². The van der Waals surface area contributed by atoms with Crippen molar-refractivity contribution in [2.24, 2.45) is 0 Å². The lowest BCUT2D eigenvalue weighted by Gasteiger charge is -2.16. The fraction of sp³-hybridized carbons (Fsp3) is 0.200. The third kappa shape index (κ3) is 1.47. The van der Waals surface area contributed by atoms with E-state index < -0.39 is 0 Å². The largest absolute Gasteiger partial charge is 0.481 e. The summed E-state index contributed by atoms with van der Waals surface area (Å²) >= 11 is 0. The second-order valence-corrected chi connectivity index (χ2v) is 8.44. The Labute approximate surface area is 156 Å². The fourth-order valence-corrected chi connectivity index (χ4v) is 5.37. The zero-order valence-corrected chi connectivity index (χ0v) is 15.3. The summed E-state index contributed by atoms with van der Waals surface area (Å²) in [5.41, 5.74) is 5.61. The van der Waals surface area contributed by atoms with Crippen LogP contribution in [-0.2, 0) is 5.41 Å². The van der Waals surface area contributed by atoms with E-state index in [2.05, 4.69) is 74.5 Å². The van der Waals surface area contributed by atoms with E-state index in [1.165, 1.54) is 27.5 Å². The fourth-order valence-electron chi connectivity index (χ4n) is 5.37. The Kier molecular flexibility index (Phi) is 2.15. The number of benzene rings is 3. The maximum Gasteiger partial charge on any atom is 0.143 e. The molecule has 2 heterocycles. The molecule has 130 valence electrons. The summed E-state index contributed by atoms with van der Waals surface area (Å²) < 4.78 is 12.9. The van der Waals surface area contributed by atoms with Crippen LogP contribution in [0.1, 0.15) is 24.5 Å². The van der Waals surface area contributed by atoms with Gasteiger partial charge in [0.05, 0.1) is 5.41 Å². The highest BCUT2D eigenvalue weighted by atomic mass is 16.5. The van der Waals surface area contributed by atoms with Gasteiger partial charge in [0.1, 0.15) is 22.5 Å². The molecule has 27 heavy (non-hydrogen) atoms. The molecular weight excluding hydrogens is 332 g/mol. The lowest BCUT2D eigenvalue weighted by Crippen LogP contribution is -2.22. The first-order valence-electron chi connectivity index (χ1n) is 9.57. The molecule has 0 bridgehead atoms. The van der Waals surface area contributed by atoms with Gasteiger partial charge in [0.2, 0.25) is 0 Å². The lowest BCUT2D eigenvalue weighted by molar-refractivity contribution is 0.237. The first-order valence-corrected chi connectivity index (χ1v) is 9.57. The van der Waals surface area contributed by atoms with E-state index in [1.807, 2.05) is 0 Å². The van der Waals surface area contributed by atoms with Crippen molar-refractivity contribution < 1.29 is 9.15 Å². The number of ether oxygens (including phenoxy) is 1. The lowest BCUT2D eigenvalue weighted by atomic mass is 9.87. The van der Waals surface area contributed by atoms with Gasteiger partial charge in [0.15, 0.2) is 0 Å². The highest BCUT2D eigenvalue weighted by Crippen LogP contribution is 2.70. The van der Waals surface area contributed by atoms with Gasteiger partial charge >= 0.3 is 0 Å². The molecule has 0 saturated heterocycles. The normalized spacial score (nSPS) is 27.4. The van der Waals surface area contributed by atoms with Gasteiger partial charge in [0.25, 0.3) is 0 Å². The third-order valence-electron chi connectivity index (χ3n) is 6.77. The Morgan fingerprint density at radius 3 is 2.59 bits per heavy atom. The molecular formula is C25H18O2. The smallest absolute Gasteiger partial charge is 0.143 e. The molecule has 0 spiro atoms. The minimum Gasteiger partial charge on any atom is -0.481 e. The van der Waals surface area contributed by atoms with Gasteiger partial charge in [-0.05, 0) is 43.7 Å². The number of furan rings is 1. The van der Waals surface area contributed by atoms with Crippen LogP contribution in [0.2, 0.25) is 0 Å². The van der Waals surface area contributed by atoms with Gasteiger partial charge in [-0.15, -0.1) is 0 Å². The first kappa shape index (κ1) is 14.1. The summed E-state index contributed by atoms with van der Waals surface area (Å²) in [5, 5.41) is 4.64. The van der Waals surface area contributed by atoms with Crippen LogP contribution in [0.25, 0.3) is 32.7 Å². The van der Waals surface area contributed by atoms with E-state index >= 15 is 0 Å². The average molecular weight is 350 g/mol. The maximum atomic E-state index is 6.62. The number of aryl methyl sites for hydroxylation is 1. The Bertz CT molecular complexity index is 1400. The van der Waals surface area contributed by atoms with Crippen LogP contribution in [0.3, 0.4) is 0 Å². The summed E-state index contributed by atoms with van der Waals surface area (Å²) in [6.45, 7) is 4.25. The minimum atomic E-state index is -0.164. The average Bonchev–Trinajstić information content (AvgIpc) is 3.02. The molecule has 1 aliphatic heterocycles. The number of fused-ring (bicyclic) bond motifs is 7. The summed E-state index contributed by atoms with van der Waals surface area (Å²) in [7, 11) is 0. The molecule has 0 N–H and O–H groups in total. The molecule has 2 atom stereocenters. The molecule has 2 heteroatoms. The van der Waals surface area contributed by atoms with Gasteiger partial charge in [-0.1, -0.05) is 42.0 Å². The summed E-state index contributed by atoms with van der Waals surface area (Å²) in [6, 6.07) is 15.3. The quantitative estimate of drug-likeness (QED) is 0.369. The number of allylic oxidation sites excluding steroid dienone is 2. The predicted octanol–water partition coefficient (Wildman–Crippen LogP) is 6.34. The summed E-state index contributed by atoms with van der Waals surface area (Å²) in [5.74, 6) is 1.04. The number of hydrogen-bond donors (Lipinski definition) is 0. The predicted molar refractivity (Wildman–Crippen MR) is 109 cm³/mol. The molecule has 1 saturated carbocycles. The summed E-state index contributed by atoms with van der Waals surface area (Å²) in [4.78, 5) is 0. The van der Waals surface area contributed by atoms with E-state index in [-0.39, 0.29) is 11.0 Å². The van der Waals surface area contributed by atoms with Crippen LogP contribution in [0.4, 0.5) is 0 Å². The highest BCUT2D eigenvalue weighted by molar-refractivity contribution is 6.16. The van der Waals surface area contributed by atoms with Crippen LogP contribution in [-0.4, -0.2) is 5.60 Å². The molecule has 1 aromatic heterocycles. The molecule has 3 aliphatic rings. The van der Waals surface area contributed by atoms with Crippen molar-refractivity contribution in [3.8, 4) is 5.75 Å². The Hall–Kier alpha value is -3.00. The third-order valence-corrected chi connectivity index (χ3v) is 6.77. The Morgan fingerprint density at radius 1 is 0.889 bits per heavy atom. The monoisotopic (exact) mass is 350 g/mol. The van der Waals surface area contributed by atoms with Gasteiger partial charge in [-0.2, -0.15) is 0 Å². The second kappa shape index (κ2) is 4.12. The molecule has 2 nitrogen and oxygen atoms in total. The molecule has 0 amide bonds. The van der Waals surface area contributed by atoms with Gasteiger partial charge < -0.3 is 9.15 Å². The van der Waals surface area contributed by atoms with Crippen LogP contribution in [0.5, 0.6) is 5.75 Å². The zero-order valence-electron chi connectivity index (χ0n) is 15.3. The summed E-state index contributed by atoms with van der Waals surface area (Å²) in [6.07, 6.45) is 7.95. The number of rotatable bonds is 0. The van der Waals surface area contributed by atoms with E-state index in [0.717, 1.165) is 34.1 Å². The molecule has 0 radical (unpaired) electrons. The molecule has 3 aromatic carbocycles. The van der Waals surface area contributed by atoms with Gasteiger partial charge in [-0.3, -0.25) is 0 Å². The van der Waals surface area contributed by atoms with Crippen LogP contribution in [0, 0.1) is 6.92 Å².